The number of nitrogens with one attached hydrogen (secondary N) is 2. The van der Waals surface area contributed by atoms with Crippen LogP contribution in [0.25, 0.3) is 0 Å². The number of rotatable bonds is 6. The molecule has 2 N–H and O–H groups in total. The van der Waals surface area contributed by atoms with E-state index in [1.54, 1.807) is 7.11 Å². The number of aromatic amines is 1. The summed E-state index contributed by atoms with van der Waals surface area (Å²) in [6.45, 7) is 2.10. The summed E-state index contributed by atoms with van der Waals surface area (Å²) in [5, 5.41) is 4.14. The minimum atomic E-state index is -0.134. The highest BCUT2D eigenvalue weighted by molar-refractivity contribution is 7.99. The molecule has 21 heavy (non-hydrogen) atoms. The van der Waals surface area contributed by atoms with Crippen LogP contribution in [0.1, 0.15) is 18.5 Å². The molecule has 6 heteroatoms. The molecule has 0 aliphatic heterocycles. The summed E-state index contributed by atoms with van der Waals surface area (Å²) in [5.41, 5.74) is 1.03. The van der Waals surface area contributed by atoms with Crippen molar-refractivity contribution in [2.75, 3.05) is 14.2 Å². The van der Waals surface area contributed by atoms with E-state index in [1.165, 1.54) is 24.0 Å². The highest BCUT2D eigenvalue weighted by atomic mass is 32.2. The van der Waals surface area contributed by atoms with Gasteiger partial charge in [-0.3, -0.25) is 4.79 Å². The number of aromatic nitrogens is 2. The van der Waals surface area contributed by atoms with Crippen molar-refractivity contribution in [3.8, 4) is 5.75 Å². The summed E-state index contributed by atoms with van der Waals surface area (Å²) in [5.74, 6) is 0.836. The standard InChI is InChI=1S/C15H19N3O2S/c1-10(21-15-17-9-8-13(19)18-15)14(16-2)11-4-6-12(20-3)7-5-11/h4-10,14,16H,1-3H3,(H,17,18,19). The quantitative estimate of drug-likeness (QED) is 0.633. The highest BCUT2D eigenvalue weighted by Crippen LogP contribution is 2.30. The van der Waals surface area contributed by atoms with E-state index in [1.807, 2.05) is 31.3 Å². The molecule has 1 aromatic heterocycles. The van der Waals surface area contributed by atoms with E-state index in [9.17, 15) is 4.79 Å². The Hall–Kier alpha value is -1.79. The third-order valence-corrected chi connectivity index (χ3v) is 4.28. The van der Waals surface area contributed by atoms with Gasteiger partial charge in [0.1, 0.15) is 5.75 Å². The Morgan fingerprint density at radius 2 is 2.00 bits per heavy atom. The molecule has 1 heterocycles. The van der Waals surface area contributed by atoms with Crippen molar-refractivity contribution >= 4 is 11.8 Å². The minimum Gasteiger partial charge on any atom is -0.497 e. The molecule has 0 spiro atoms. The zero-order chi connectivity index (χ0) is 15.2. The van der Waals surface area contributed by atoms with Gasteiger partial charge in [0.25, 0.3) is 5.56 Å². The maximum atomic E-state index is 11.3. The molecule has 1 aromatic carbocycles. The number of hydrogen-bond acceptors (Lipinski definition) is 5. The SMILES string of the molecule is CNC(c1ccc(OC)cc1)C(C)Sc1nccc(=O)[nH]1. The average Bonchev–Trinajstić information content (AvgIpc) is 2.48. The molecule has 112 valence electrons. The van der Waals surface area contributed by atoms with Gasteiger partial charge in [-0.2, -0.15) is 0 Å². The van der Waals surface area contributed by atoms with Crippen LogP contribution in [0.5, 0.6) is 5.75 Å². The summed E-state index contributed by atoms with van der Waals surface area (Å²) >= 11 is 1.53. The molecular weight excluding hydrogens is 286 g/mol. The van der Waals surface area contributed by atoms with Crippen molar-refractivity contribution < 1.29 is 4.74 Å². The predicted octanol–water partition coefficient (Wildman–Crippen LogP) is 2.22. The second kappa shape index (κ2) is 7.28. The lowest BCUT2D eigenvalue weighted by atomic mass is 10.0. The lowest BCUT2D eigenvalue weighted by molar-refractivity contribution is 0.414. The summed E-state index contributed by atoms with van der Waals surface area (Å²) in [6.07, 6.45) is 1.52. The maximum Gasteiger partial charge on any atom is 0.251 e. The minimum absolute atomic E-state index is 0.134. The van der Waals surface area contributed by atoms with Gasteiger partial charge in [-0.05, 0) is 24.7 Å². The molecule has 0 saturated heterocycles. The van der Waals surface area contributed by atoms with Gasteiger partial charge in [0, 0.05) is 23.6 Å². The first kappa shape index (κ1) is 15.6. The topological polar surface area (TPSA) is 67.0 Å². The van der Waals surface area contributed by atoms with Gasteiger partial charge < -0.3 is 15.0 Å². The first-order chi connectivity index (χ1) is 10.1. The van der Waals surface area contributed by atoms with Crippen molar-refractivity contribution in [3.05, 3.63) is 52.4 Å². The first-order valence-corrected chi connectivity index (χ1v) is 7.55. The zero-order valence-corrected chi connectivity index (χ0v) is 13.1. The molecule has 0 amide bonds. The molecule has 0 saturated carbocycles. The molecule has 2 rings (SSSR count). The number of H-pyrrole nitrogens is 1. The van der Waals surface area contributed by atoms with Crippen LogP contribution in [-0.4, -0.2) is 29.4 Å². The van der Waals surface area contributed by atoms with Crippen LogP contribution >= 0.6 is 11.8 Å². The lowest BCUT2D eigenvalue weighted by Crippen LogP contribution is -2.25. The number of benzene rings is 1. The summed E-state index contributed by atoms with van der Waals surface area (Å²) in [4.78, 5) is 18.2. The van der Waals surface area contributed by atoms with E-state index in [2.05, 4.69) is 22.2 Å². The van der Waals surface area contributed by atoms with Crippen LogP contribution in [0.2, 0.25) is 0 Å². The van der Waals surface area contributed by atoms with Crippen LogP contribution in [-0.2, 0) is 0 Å². The molecule has 5 nitrogen and oxygen atoms in total. The third kappa shape index (κ3) is 4.09. The van der Waals surface area contributed by atoms with Gasteiger partial charge >= 0.3 is 0 Å². The van der Waals surface area contributed by atoms with Crippen molar-refractivity contribution in [1.29, 1.82) is 0 Å². The normalized spacial score (nSPS) is 13.7. The molecule has 2 atom stereocenters. The second-order valence-corrected chi connectivity index (χ2v) is 5.97. The molecule has 0 radical (unpaired) electrons. The van der Waals surface area contributed by atoms with E-state index < -0.39 is 0 Å². The average molecular weight is 305 g/mol. The van der Waals surface area contributed by atoms with E-state index >= 15 is 0 Å². The number of methoxy groups -OCH3 is 1. The van der Waals surface area contributed by atoms with Crippen LogP contribution in [0, 0.1) is 0 Å². The van der Waals surface area contributed by atoms with Crippen molar-refractivity contribution in [2.24, 2.45) is 0 Å². The fraction of sp³-hybridized carbons (Fsp3) is 0.333. The molecule has 0 aliphatic rings. The molecule has 0 aliphatic carbocycles. The Morgan fingerprint density at radius 3 is 2.57 bits per heavy atom. The number of hydrogen-bond donors (Lipinski definition) is 2. The van der Waals surface area contributed by atoms with Gasteiger partial charge in [0.05, 0.1) is 7.11 Å². The van der Waals surface area contributed by atoms with Crippen LogP contribution in [0.4, 0.5) is 0 Å². The summed E-state index contributed by atoms with van der Waals surface area (Å²) in [7, 11) is 3.58. The summed E-state index contributed by atoms with van der Waals surface area (Å²) < 4.78 is 5.18. The van der Waals surface area contributed by atoms with Crippen LogP contribution in [0.15, 0.2) is 46.5 Å². The number of thioether (sulfide) groups is 1. The Kier molecular flexibility index (Phi) is 5.41. The molecule has 0 fully saturated rings. The van der Waals surface area contributed by atoms with Gasteiger partial charge in [0.15, 0.2) is 5.16 Å². The molecular formula is C15H19N3O2S. The van der Waals surface area contributed by atoms with Gasteiger partial charge in [-0.1, -0.05) is 30.8 Å². The van der Waals surface area contributed by atoms with E-state index in [-0.39, 0.29) is 16.9 Å². The third-order valence-electron chi connectivity index (χ3n) is 3.20. The monoisotopic (exact) mass is 305 g/mol. The maximum absolute atomic E-state index is 11.3. The number of ether oxygens (including phenoxy) is 1. The van der Waals surface area contributed by atoms with Gasteiger partial charge in [0.2, 0.25) is 0 Å². The van der Waals surface area contributed by atoms with E-state index in [4.69, 9.17) is 4.74 Å². The second-order valence-electron chi connectivity index (χ2n) is 4.60. The molecule has 2 unspecified atom stereocenters. The predicted molar refractivity (Wildman–Crippen MR) is 85.0 cm³/mol. The molecule has 0 bridgehead atoms. The van der Waals surface area contributed by atoms with Crippen LogP contribution in [0.3, 0.4) is 0 Å². The Morgan fingerprint density at radius 1 is 1.29 bits per heavy atom. The molecule has 2 aromatic rings. The van der Waals surface area contributed by atoms with Gasteiger partial charge in [-0.25, -0.2) is 4.98 Å². The Balaban J connectivity index is 2.13. The summed E-state index contributed by atoms with van der Waals surface area (Å²) in [6, 6.07) is 9.52. The smallest absolute Gasteiger partial charge is 0.251 e. The lowest BCUT2D eigenvalue weighted by Gasteiger charge is -2.23. The Bertz CT molecular complexity index is 627. The zero-order valence-electron chi connectivity index (χ0n) is 12.3. The van der Waals surface area contributed by atoms with E-state index in [0.717, 1.165) is 11.3 Å². The highest BCUT2D eigenvalue weighted by Gasteiger charge is 2.19. The first-order valence-electron chi connectivity index (χ1n) is 6.67. The van der Waals surface area contributed by atoms with Crippen molar-refractivity contribution in [2.45, 2.75) is 23.4 Å². The fourth-order valence-electron chi connectivity index (χ4n) is 2.14. The van der Waals surface area contributed by atoms with Crippen molar-refractivity contribution in [1.82, 2.24) is 15.3 Å². The fourth-order valence-corrected chi connectivity index (χ4v) is 3.20. The van der Waals surface area contributed by atoms with Crippen molar-refractivity contribution in [3.63, 3.8) is 0 Å². The number of nitrogens with zero attached hydrogens (tertiary/aromatic N) is 1. The van der Waals surface area contributed by atoms with Gasteiger partial charge in [-0.15, -0.1) is 0 Å². The Labute approximate surface area is 128 Å². The largest absolute Gasteiger partial charge is 0.497 e. The van der Waals surface area contributed by atoms with Crippen LogP contribution < -0.4 is 15.6 Å². The van der Waals surface area contributed by atoms with E-state index in [0.29, 0.717) is 5.16 Å².